The number of halogens is 4. The van der Waals surface area contributed by atoms with Crippen LogP contribution >= 0.6 is 23.2 Å². The minimum atomic E-state index is -1.42. The summed E-state index contributed by atoms with van der Waals surface area (Å²) in [7, 11) is 0. The van der Waals surface area contributed by atoms with Gasteiger partial charge in [-0.15, -0.1) is 0 Å². The zero-order chi connectivity index (χ0) is 13.7. The molecular formula is C10H6Cl2F2N2O2. The molecule has 0 atom stereocenters. The van der Waals surface area contributed by atoms with Crippen molar-refractivity contribution in [3.63, 3.8) is 0 Å². The number of hydrazone groups is 1. The molecular weight excluding hydrogens is 289 g/mol. The summed E-state index contributed by atoms with van der Waals surface area (Å²) in [5.41, 5.74) is 2.13. The monoisotopic (exact) mass is 294 g/mol. The van der Waals surface area contributed by atoms with Gasteiger partial charge in [-0.05, 0) is 12.1 Å². The third-order valence-corrected chi connectivity index (χ3v) is 2.44. The number of nitrogens with zero attached hydrogens (tertiary/aromatic N) is 1. The number of anilines is 1. The number of hydrogen-bond donors (Lipinski definition) is 2. The van der Waals surface area contributed by atoms with Gasteiger partial charge in [-0.25, -0.2) is 13.6 Å². The van der Waals surface area contributed by atoms with Crippen LogP contribution in [0, 0.1) is 11.6 Å². The third kappa shape index (κ3) is 3.97. The smallest absolute Gasteiger partial charge is 0.348 e. The molecule has 18 heavy (non-hydrogen) atoms. The van der Waals surface area contributed by atoms with E-state index in [0.29, 0.717) is 6.07 Å². The number of carboxylic acid groups (broad SMARTS) is 1. The standard InChI is InChI=1S/C10H6Cl2F2N2O2/c11-6(9(12)10(17)18)4-15-16-8-2-1-5(13)3-7(8)14/h1-4,16H,(H,17,18)/b9-6-,15-4+. The molecule has 0 unspecified atom stereocenters. The molecule has 1 aromatic rings. The minimum Gasteiger partial charge on any atom is -0.477 e. The van der Waals surface area contributed by atoms with Crippen LogP contribution < -0.4 is 5.43 Å². The van der Waals surface area contributed by atoms with Crippen molar-refractivity contribution in [1.82, 2.24) is 0 Å². The molecule has 0 fully saturated rings. The first kappa shape index (κ1) is 14.4. The topological polar surface area (TPSA) is 61.7 Å². The van der Waals surface area contributed by atoms with Crippen LogP contribution in [0.25, 0.3) is 0 Å². The number of carbonyl (C=O) groups is 1. The van der Waals surface area contributed by atoms with E-state index in [4.69, 9.17) is 28.3 Å². The molecule has 0 radical (unpaired) electrons. The van der Waals surface area contributed by atoms with Crippen molar-refractivity contribution in [2.45, 2.75) is 0 Å². The normalized spacial score (nSPS) is 12.4. The van der Waals surface area contributed by atoms with Crippen molar-refractivity contribution in [3.8, 4) is 0 Å². The van der Waals surface area contributed by atoms with E-state index in [1.54, 1.807) is 0 Å². The molecule has 0 aromatic heterocycles. The molecule has 4 nitrogen and oxygen atoms in total. The second-order valence-electron chi connectivity index (χ2n) is 2.96. The second kappa shape index (κ2) is 6.32. The summed E-state index contributed by atoms with van der Waals surface area (Å²) in [6, 6.07) is 2.82. The molecule has 1 rings (SSSR count). The average molecular weight is 295 g/mol. The van der Waals surface area contributed by atoms with Crippen LogP contribution in [-0.2, 0) is 4.79 Å². The lowest BCUT2D eigenvalue weighted by molar-refractivity contribution is -0.131. The van der Waals surface area contributed by atoms with Gasteiger partial charge < -0.3 is 5.11 Å². The van der Waals surface area contributed by atoms with Gasteiger partial charge in [0.1, 0.15) is 10.8 Å². The number of aliphatic carboxylic acids is 1. The second-order valence-corrected chi connectivity index (χ2v) is 3.75. The molecule has 0 aliphatic heterocycles. The van der Waals surface area contributed by atoms with Crippen LogP contribution in [0.4, 0.5) is 14.5 Å². The van der Waals surface area contributed by atoms with E-state index in [0.717, 1.165) is 18.3 Å². The lowest BCUT2D eigenvalue weighted by Gasteiger charge is -2.01. The molecule has 0 amide bonds. The van der Waals surface area contributed by atoms with Crippen LogP contribution in [0.15, 0.2) is 33.4 Å². The molecule has 96 valence electrons. The maximum Gasteiger partial charge on any atom is 0.348 e. The maximum absolute atomic E-state index is 13.1. The van der Waals surface area contributed by atoms with Gasteiger partial charge in [-0.3, -0.25) is 5.43 Å². The first-order chi connectivity index (χ1) is 8.41. The van der Waals surface area contributed by atoms with Crippen molar-refractivity contribution in [2.75, 3.05) is 5.43 Å². The van der Waals surface area contributed by atoms with Gasteiger partial charge in [-0.1, -0.05) is 23.2 Å². The number of hydrogen-bond acceptors (Lipinski definition) is 3. The Morgan fingerprint density at radius 1 is 1.39 bits per heavy atom. The summed E-state index contributed by atoms with van der Waals surface area (Å²) in [4.78, 5) is 10.4. The Labute approximate surface area is 111 Å². The minimum absolute atomic E-state index is 0.0939. The summed E-state index contributed by atoms with van der Waals surface area (Å²) in [6.45, 7) is 0. The van der Waals surface area contributed by atoms with Gasteiger partial charge in [0.2, 0.25) is 0 Å². The fraction of sp³-hybridized carbons (Fsp3) is 0. The molecule has 0 heterocycles. The van der Waals surface area contributed by atoms with Gasteiger partial charge in [0.25, 0.3) is 0 Å². The van der Waals surface area contributed by atoms with Gasteiger partial charge in [0, 0.05) is 6.07 Å². The lowest BCUT2D eigenvalue weighted by atomic mass is 10.3. The predicted octanol–water partition coefficient (Wildman–Crippen LogP) is 3.14. The van der Waals surface area contributed by atoms with Gasteiger partial charge >= 0.3 is 5.97 Å². The van der Waals surface area contributed by atoms with Crippen molar-refractivity contribution in [1.29, 1.82) is 0 Å². The molecule has 0 spiro atoms. The molecule has 8 heteroatoms. The van der Waals surface area contributed by atoms with E-state index in [1.165, 1.54) is 0 Å². The first-order valence-corrected chi connectivity index (χ1v) is 5.20. The Morgan fingerprint density at radius 2 is 2.06 bits per heavy atom. The lowest BCUT2D eigenvalue weighted by Crippen LogP contribution is -1.98. The number of allylic oxidation sites excluding steroid dienone is 1. The van der Waals surface area contributed by atoms with Crippen molar-refractivity contribution in [3.05, 3.63) is 39.9 Å². The van der Waals surface area contributed by atoms with E-state index in [2.05, 4.69) is 10.5 Å². The molecule has 0 saturated heterocycles. The summed E-state index contributed by atoms with van der Waals surface area (Å²) in [6.07, 6.45) is 0.890. The summed E-state index contributed by atoms with van der Waals surface area (Å²) < 4.78 is 25.7. The number of benzene rings is 1. The highest BCUT2D eigenvalue weighted by Crippen LogP contribution is 2.15. The molecule has 1 aromatic carbocycles. The highest BCUT2D eigenvalue weighted by Gasteiger charge is 2.08. The Hall–Kier alpha value is -1.66. The first-order valence-electron chi connectivity index (χ1n) is 4.44. The van der Waals surface area contributed by atoms with Crippen LogP contribution in [0.5, 0.6) is 0 Å². The summed E-state index contributed by atoms with van der Waals surface area (Å²) in [5.74, 6) is -2.99. The number of nitrogens with one attached hydrogen (secondary N) is 1. The Balaban J connectivity index is 2.77. The largest absolute Gasteiger partial charge is 0.477 e. The van der Waals surface area contributed by atoms with Crippen LogP contribution in [0.2, 0.25) is 0 Å². The van der Waals surface area contributed by atoms with Crippen molar-refractivity contribution in [2.24, 2.45) is 5.10 Å². The van der Waals surface area contributed by atoms with E-state index in [9.17, 15) is 13.6 Å². The highest BCUT2D eigenvalue weighted by atomic mass is 35.5. The molecule has 2 N–H and O–H groups in total. The molecule has 0 bridgehead atoms. The van der Waals surface area contributed by atoms with Gasteiger partial charge in [0.05, 0.1) is 16.9 Å². The Morgan fingerprint density at radius 3 is 2.61 bits per heavy atom. The number of carboxylic acids is 1. The van der Waals surface area contributed by atoms with Crippen LogP contribution in [-0.4, -0.2) is 17.3 Å². The quantitative estimate of drug-likeness (QED) is 0.509. The van der Waals surface area contributed by atoms with Gasteiger partial charge in [0.15, 0.2) is 5.82 Å². The van der Waals surface area contributed by atoms with E-state index < -0.39 is 22.6 Å². The van der Waals surface area contributed by atoms with E-state index >= 15 is 0 Å². The Bertz CT molecular complexity index is 533. The summed E-state index contributed by atoms with van der Waals surface area (Å²) in [5, 5.41) is 11.0. The zero-order valence-electron chi connectivity index (χ0n) is 8.62. The van der Waals surface area contributed by atoms with E-state index in [-0.39, 0.29) is 10.7 Å². The highest BCUT2D eigenvalue weighted by molar-refractivity contribution is 6.51. The molecule has 0 saturated carbocycles. The average Bonchev–Trinajstić information content (AvgIpc) is 2.30. The molecule has 0 aliphatic carbocycles. The Kier molecular flexibility index (Phi) is 5.06. The maximum atomic E-state index is 13.1. The zero-order valence-corrected chi connectivity index (χ0v) is 10.1. The summed E-state index contributed by atoms with van der Waals surface area (Å²) >= 11 is 10.8. The fourth-order valence-electron chi connectivity index (χ4n) is 0.897. The predicted molar refractivity (Wildman–Crippen MR) is 64.8 cm³/mol. The fourth-order valence-corrected chi connectivity index (χ4v) is 1.08. The number of rotatable bonds is 4. The van der Waals surface area contributed by atoms with Crippen LogP contribution in [0.1, 0.15) is 0 Å². The van der Waals surface area contributed by atoms with Crippen molar-refractivity contribution >= 4 is 41.1 Å². The van der Waals surface area contributed by atoms with Crippen LogP contribution in [0.3, 0.4) is 0 Å². The SMILES string of the molecule is O=C(O)/C(Cl)=C(Cl)\C=N\Nc1ccc(F)cc1F. The van der Waals surface area contributed by atoms with Gasteiger partial charge in [-0.2, -0.15) is 5.10 Å². The van der Waals surface area contributed by atoms with Crippen molar-refractivity contribution < 1.29 is 18.7 Å². The third-order valence-electron chi connectivity index (χ3n) is 1.69. The molecule has 0 aliphatic rings. The van der Waals surface area contributed by atoms with E-state index in [1.807, 2.05) is 0 Å².